The van der Waals surface area contributed by atoms with Crippen LogP contribution >= 0.6 is 0 Å². The van der Waals surface area contributed by atoms with Gasteiger partial charge in [0.05, 0.1) is 13.2 Å². The first-order chi connectivity index (χ1) is 6.70. The van der Waals surface area contributed by atoms with E-state index in [1.807, 2.05) is 0 Å². The van der Waals surface area contributed by atoms with Gasteiger partial charge in [-0.25, -0.2) is 0 Å². The average Bonchev–Trinajstić information content (AvgIpc) is 2.42. The Kier molecular flexibility index (Phi) is 4.75. The Balaban J connectivity index is 2.19. The van der Waals surface area contributed by atoms with Gasteiger partial charge < -0.3 is 15.4 Å². The second kappa shape index (κ2) is 5.87. The van der Waals surface area contributed by atoms with Crippen LogP contribution in [0, 0.1) is 5.92 Å². The van der Waals surface area contributed by atoms with Crippen molar-refractivity contribution >= 4 is 5.91 Å². The van der Waals surface area contributed by atoms with Gasteiger partial charge in [0.1, 0.15) is 0 Å². The standard InChI is InChI=1S/C8H14F2N2O2/c9-7(10)8(13)12-4-6-3-11-1-2-14-5-6/h6-7,11H,1-5H2,(H,12,13). The quantitative estimate of drug-likeness (QED) is 0.663. The molecule has 0 aromatic carbocycles. The molecule has 0 radical (unpaired) electrons. The topological polar surface area (TPSA) is 50.4 Å². The highest BCUT2D eigenvalue weighted by Crippen LogP contribution is 1.99. The van der Waals surface area contributed by atoms with Crippen molar-refractivity contribution in [3.8, 4) is 0 Å². The van der Waals surface area contributed by atoms with Gasteiger partial charge in [0.25, 0.3) is 5.91 Å². The summed E-state index contributed by atoms with van der Waals surface area (Å²) in [7, 11) is 0. The Morgan fingerprint density at radius 2 is 2.43 bits per heavy atom. The van der Waals surface area contributed by atoms with Crippen molar-refractivity contribution in [2.75, 3.05) is 32.8 Å². The largest absolute Gasteiger partial charge is 0.380 e. The molecule has 0 saturated carbocycles. The van der Waals surface area contributed by atoms with Gasteiger partial charge in [0.15, 0.2) is 0 Å². The van der Waals surface area contributed by atoms with Gasteiger partial charge in [-0.2, -0.15) is 8.78 Å². The minimum atomic E-state index is -2.94. The number of ether oxygens (including phenoxy) is 1. The van der Waals surface area contributed by atoms with E-state index in [0.29, 0.717) is 19.8 Å². The zero-order valence-corrected chi connectivity index (χ0v) is 7.76. The van der Waals surface area contributed by atoms with Crippen molar-refractivity contribution in [1.82, 2.24) is 10.6 Å². The number of nitrogens with one attached hydrogen (secondary N) is 2. The minimum absolute atomic E-state index is 0.0696. The molecule has 4 nitrogen and oxygen atoms in total. The van der Waals surface area contributed by atoms with E-state index in [-0.39, 0.29) is 12.5 Å². The molecule has 2 N–H and O–H groups in total. The molecular weight excluding hydrogens is 194 g/mol. The fourth-order valence-corrected chi connectivity index (χ4v) is 1.21. The van der Waals surface area contributed by atoms with Crippen molar-refractivity contribution in [2.24, 2.45) is 5.92 Å². The molecule has 6 heteroatoms. The first-order valence-electron chi connectivity index (χ1n) is 4.54. The first-order valence-corrected chi connectivity index (χ1v) is 4.54. The maximum atomic E-state index is 11.8. The molecule has 1 aliphatic heterocycles. The fourth-order valence-electron chi connectivity index (χ4n) is 1.21. The Hall–Kier alpha value is -0.750. The van der Waals surface area contributed by atoms with E-state index < -0.39 is 12.3 Å². The van der Waals surface area contributed by atoms with Gasteiger partial charge in [-0.3, -0.25) is 4.79 Å². The third-order valence-electron chi connectivity index (χ3n) is 1.97. The van der Waals surface area contributed by atoms with Crippen LogP contribution in [0.25, 0.3) is 0 Å². The van der Waals surface area contributed by atoms with Crippen molar-refractivity contribution < 1.29 is 18.3 Å². The molecule has 0 aliphatic carbocycles. The Morgan fingerprint density at radius 3 is 3.14 bits per heavy atom. The number of rotatable bonds is 3. The molecule has 1 fully saturated rings. The van der Waals surface area contributed by atoms with Crippen LogP contribution in [0.15, 0.2) is 0 Å². The summed E-state index contributed by atoms with van der Waals surface area (Å²) in [6, 6.07) is 0. The minimum Gasteiger partial charge on any atom is -0.380 e. The zero-order chi connectivity index (χ0) is 10.4. The highest BCUT2D eigenvalue weighted by Gasteiger charge is 2.18. The van der Waals surface area contributed by atoms with E-state index in [4.69, 9.17) is 4.74 Å². The van der Waals surface area contributed by atoms with Gasteiger partial charge in [-0.1, -0.05) is 0 Å². The lowest BCUT2D eigenvalue weighted by molar-refractivity contribution is -0.131. The van der Waals surface area contributed by atoms with E-state index in [1.54, 1.807) is 0 Å². The van der Waals surface area contributed by atoms with Gasteiger partial charge in [0.2, 0.25) is 0 Å². The van der Waals surface area contributed by atoms with Crippen LogP contribution in [0.1, 0.15) is 0 Å². The van der Waals surface area contributed by atoms with E-state index in [2.05, 4.69) is 10.6 Å². The summed E-state index contributed by atoms with van der Waals surface area (Å²) in [6.07, 6.45) is -2.94. The Morgan fingerprint density at radius 1 is 1.64 bits per heavy atom. The highest BCUT2D eigenvalue weighted by atomic mass is 19.3. The lowest BCUT2D eigenvalue weighted by Gasteiger charge is -2.14. The van der Waals surface area contributed by atoms with Crippen LogP contribution in [-0.2, 0) is 9.53 Å². The lowest BCUT2D eigenvalue weighted by Crippen LogP contribution is -2.37. The van der Waals surface area contributed by atoms with E-state index >= 15 is 0 Å². The number of alkyl halides is 2. The van der Waals surface area contributed by atoms with Crippen LogP contribution in [0.4, 0.5) is 8.78 Å². The van der Waals surface area contributed by atoms with Gasteiger partial charge in [-0.05, 0) is 0 Å². The number of carbonyl (C=O) groups is 1. The highest BCUT2D eigenvalue weighted by molar-refractivity contribution is 5.78. The Bertz CT molecular complexity index is 182. The van der Waals surface area contributed by atoms with Crippen molar-refractivity contribution in [3.63, 3.8) is 0 Å². The summed E-state index contributed by atoms with van der Waals surface area (Å²) in [5, 5.41) is 5.26. The van der Waals surface area contributed by atoms with Gasteiger partial charge in [-0.15, -0.1) is 0 Å². The molecule has 1 saturated heterocycles. The molecular formula is C8H14F2N2O2. The predicted molar refractivity (Wildman–Crippen MR) is 46.2 cm³/mol. The maximum Gasteiger partial charge on any atom is 0.315 e. The molecule has 1 heterocycles. The molecule has 0 bridgehead atoms. The summed E-state index contributed by atoms with van der Waals surface area (Å²) in [5.74, 6) is -1.14. The second-order valence-electron chi connectivity index (χ2n) is 3.19. The molecule has 1 rings (SSSR count). The number of carbonyl (C=O) groups excluding carboxylic acids is 1. The monoisotopic (exact) mass is 208 g/mol. The first kappa shape index (κ1) is 11.3. The average molecular weight is 208 g/mol. The smallest absolute Gasteiger partial charge is 0.315 e. The molecule has 82 valence electrons. The predicted octanol–water partition coefficient (Wildman–Crippen LogP) is -0.396. The van der Waals surface area contributed by atoms with E-state index in [1.165, 1.54) is 0 Å². The van der Waals surface area contributed by atoms with Crippen LogP contribution in [-0.4, -0.2) is 45.2 Å². The van der Waals surface area contributed by atoms with Crippen molar-refractivity contribution in [1.29, 1.82) is 0 Å². The number of hydrogen-bond acceptors (Lipinski definition) is 3. The zero-order valence-electron chi connectivity index (χ0n) is 7.76. The van der Waals surface area contributed by atoms with Crippen LogP contribution in [0.5, 0.6) is 0 Å². The summed E-state index contributed by atoms with van der Waals surface area (Å²) in [6.45, 7) is 2.80. The number of amides is 1. The molecule has 0 aromatic rings. The van der Waals surface area contributed by atoms with E-state index in [0.717, 1.165) is 6.54 Å². The molecule has 0 aromatic heterocycles. The molecule has 1 amide bonds. The number of halogens is 2. The van der Waals surface area contributed by atoms with Gasteiger partial charge in [0, 0.05) is 25.6 Å². The van der Waals surface area contributed by atoms with Crippen LogP contribution in [0.2, 0.25) is 0 Å². The SMILES string of the molecule is O=C(NCC1CNCCOC1)C(F)F. The normalized spacial score (nSPS) is 23.2. The summed E-state index contributed by atoms with van der Waals surface area (Å²) in [4.78, 5) is 10.5. The molecule has 0 spiro atoms. The lowest BCUT2D eigenvalue weighted by atomic mass is 10.1. The van der Waals surface area contributed by atoms with Crippen molar-refractivity contribution in [2.45, 2.75) is 6.43 Å². The summed E-state index contributed by atoms with van der Waals surface area (Å²) >= 11 is 0. The molecule has 1 aliphatic rings. The van der Waals surface area contributed by atoms with Crippen LogP contribution < -0.4 is 10.6 Å². The summed E-state index contributed by atoms with van der Waals surface area (Å²) in [5.41, 5.74) is 0. The fraction of sp³-hybridized carbons (Fsp3) is 0.875. The third-order valence-corrected chi connectivity index (χ3v) is 1.97. The third kappa shape index (κ3) is 3.97. The second-order valence-corrected chi connectivity index (χ2v) is 3.19. The van der Waals surface area contributed by atoms with Crippen LogP contribution in [0.3, 0.4) is 0 Å². The number of hydrogen-bond donors (Lipinski definition) is 2. The van der Waals surface area contributed by atoms with E-state index in [9.17, 15) is 13.6 Å². The maximum absolute atomic E-state index is 11.8. The molecule has 1 unspecified atom stereocenters. The summed E-state index contributed by atoms with van der Waals surface area (Å²) < 4.78 is 28.8. The molecule has 1 atom stereocenters. The molecule has 14 heavy (non-hydrogen) atoms. The van der Waals surface area contributed by atoms with Crippen molar-refractivity contribution in [3.05, 3.63) is 0 Å². The van der Waals surface area contributed by atoms with Gasteiger partial charge >= 0.3 is 6.43 Å². The Labute approximate surface area is 81.0 Å².